The zero-order valence-corrected chi connectivity index (χ0v) is 18.9. The van der Waals surface area contributed by atoms with Crippen molar-refractivity contribution in [2.24, 2.45) is 5.92 Å². The summed E-state index contributed by atoms with van der Waals surface area (Å²) in [7, 11) is 0. The van der Waals surface area contributed by atoms with Crippen LogP contribution < -0.4 is 9.47 Å². The molecule has 0 heterocycles. The molecule has 3 aromatic carbocycles. The van der Waals surface area contributed by atoms with E-state index in [1.807, 2.05) is 0 Å². The van der Waals surface area contributed by atoms with E-state index >= 15 is 0 Å². The van der Waals surface area contributed by atoms with Gasteiger partial charge in [0.05, 0.1) is 5.92 Å². The van der Waals surface area contributed by atoms with Crippen molar-refractivity contribution in [3.63, 3.8) is 0 Å². The molecule has 182 valence electrons. The van der Waals surface area contributed by atoms with Gasteiger partial charge in [-0.2, -0.15) is 0 Å². The second-order valence-corrected chi connectivity index (χ2v) is 7.93. The Morgan fingerprint density at radius 3 is 2.11 bits per heavy atom. The number of alkyl halides is 3. The molecule has 0 aliphatic carbocycles. The SMILES string of the molecule is C#CC(OC(=O)C(c1ccc(OC(F)(F)F)cc1)C(C)C)c1ccc(F)c(Oc2ccccc2)c1. The van der Waals surface area contributed by atoms with Crippen LogP contribution in [0.15, 0.2) is 72.8 Å². The van der Waals surface area contributed by atoms with Gasteiger partial charge in [0.2, 0.25) is 0 Å². The van der Waals surface area contributed by atoms with Crippen LogP contribution in [0.5, 0.6) is 17.2 Å². The van der Waals surface area contributed by atoms with E-state index in [4.69, 9.17) is 15.9 Å². The lowest BCUT2D eigenvalue weighted by Crippen LogP contribution is -2.23. The largest absolute Gasteiger partial charge is 0.573 e. The normalized spacial score (nSPS) is 13.0. The first-order valence-electron chi connectivity index (χ1n) is 10.6. The number of carbonyl (C=O) groups excluding carboxylic acids is 1. The van der Waals surface area contributed by atoms with Crippen molar-refractivity contribution in [2.75, 3.05) is 0 Å². The van der Waals surface area contributed by atoms with Crippen molar-refractivity contribution < 1.29 is 36.6 Å². The molecule has 2 unspecified atom stereocenters. The molecule has 0 radical (unpaired) electrons. The van der Waals surface area contributed by atoms with Gasteiger partial charge in [-0.15, -0.1) is 19.6 Å². The number of terminal acetylenes is 1. The Bertz CT molecular complexity index is 1180. The summed E-state index contributed by atoms with van der Waals surface area (Å²) >= 11 is 0. The molecule has 35 heavy (non-hydrogen) atoms. The van der Waals surface area contributed by atoms with E-state index in [-0.39, 0.29) is 11.7 Å². The molecule has 3 rings (SSSR count). The molecule has 0 aromatic heterocycles. The standard InChI is InChI=1S/C27H22F4O4/c1-4-23(19-12-15-22(28)24(16-19)33-20-8-6-5-7-9-20)34-26(32)25(17(2)3)18-10-13-21(14-11-18)35-27(29,30)31/h1,5-17,23,25H,2-3H3. The fraction of sp³-hybridized carbons (Fsp3) is 0.222. The number of halogens is 4. The smallest absolute Gasteiger partial charge is 0.454 e. The molecule has 0 fully saturated rings. The van der Waals surface area contributed by atoms with Crippen LogP contribution in [0.2, 0.25) is 0 Å². The summed E-state index contributed by atoms with van der Waals surface area (Å²) in [4.78, 5) is 13.1. The number of esters is 1. The molecule has 0 bridgehead atoms. The van der Waals surface area contributed by atoms with E-state index in [1.165, 1.54) is 24.3 Å². The minimum Gasteiger partial charge on any atom is -0.454 e. The second kappa shape index (κ2) is 11.0. The Hall–Kier alpha value is -3.99. The number of benzene rings is 3. The molecule has 2 atom stereocenters. The first-order chi connectivity index (χ1) is 16.6. The molecule has 4 nitrogen and oxygen atoms in total. The van der Waals surface area contributed by atoms with Gasteiger partial charge in [-0.3, -0.25) is 4.79 Å². The summed E-state index contributed by atoms with van der Waals surface area (Å²) in [5.41, 5.74) is 0.757. The first kappa shape index (κ1) is 25.6. The van der Waals surface area contributed by atoms with E-state index in [0.717, 1.165) is 18.2 Å². The molecule has 0 aliphatic rings. The Kier molecular flexibility index (Phi) is 8.02. The van der Waals surface area contributed by atoms with E-state index in [0.29, 0.717) is 16.9 Å². The minimum absolute atomic E-state index is 0.0920. The van der Waals surface area contributed by atoms with E-state index in [2.05, 4.69) is 10.7 Å². The average Bonchev–Trinajstić information content (AvgIpc) is 2.80. The van der Waals surface area contributed by atoms with Gasteiger partial charge in [0.1, 0.15) is 11.5 Å². The first-order valence-corrected chi connectivity index (χ1v) is 10.6. The maximum absolute atomic E-state index is 14.3. The molecule has 3 aromatic rings. The van der Waals surface area contributed by atoms with E-state index in [9.17, 15) is 22.4 Å². The molecule has 0 aliphatic heterocycles. The van der Waals surface area contributed by atoms with Gasteiger partial charge in [0.15, 0.2) is 17.7 Å². The maximum Gasteiger partial charge on any atom is 0.573 e. The third kappa shape index (κ3) is 7.00. The predicted octanol–water partition coefficient (Wildman–Crippen LogP) is 7.17. The van der Waals surface area contributed by atoms with Crippen LogP contribution >= 0.6 is 0 Å². The highest BCUT2D eigenvalue weighted by molar-refractivity contribution is 5.79. The Morgan fingerprint density at radius 1 is 0.914 bits per heavy atom. The molecule has 0 saturated heterocycles. The number of para-hydroxylation sites is 1. The van der Waals surface area contributed by atoms with E-state index in [1.54, 1.807) is 44.2 Å². The Labute approximate surface area is 200 Å². The lowest BCUT2D eigenvalue weighted by Gasteiger charge is -2.23. The number of hydrogen-bond acceptors (Lipinski definition) is 4. The van der Waals surface area contributed by atoms with Crippen molar-refractivity contribution in [3.05, 3.63) is 89.7 Å². The van der Waals surface area contributed by atoms with Gasteiger partial charge in [0.25, 0.3) is 0 Å². The molecule has 8 heteroatoms. The van der Waals surface area contributed by atoms with Crippen LogP contribution in [0.4, 0.5) is 17.6 Å². The summed E-state index contributed by atoms with van der Waals surface area (Å²) < 4.78 is 66.6. The van der Waals surface area contributed by atoms with Gasteiger partial charge >= 0.3 is 12.3 Å². The maximum atomic E-state index is 14.3. The zero-order valence-electron chi connectivity index (χ0n) is 18.9. The summed E-state index contributed by atoms with van der Waals surface area (Å²) in [6.07, 6.45) is -0.364. The Morgan fingerprint density at radius 2 is 1.54 bits per heavy atom. The fourth-order valence-electron chi connectivity index (χ4n) is 3.43. The Balaban J connectivity index is 1.79. The molecular weight excluding hydrogens is 464 g/mol. The highest BCUT2D eigenvalue weighted by Gasteiger charge is 2.32. The molecule has 0 spiro atoms. The molecule has 0 N–H and O–H groups in total. The summed E-state index contributed by atoms with van der Waals surface area (Å²) in [6.45, 7) is 3.53. The van der Waals surface area contributed by atoms with Crippen LogP contribution in [0.1, 0.15) is 37.0 Å². The number of hydrogen-bond donors (Lipinski definition) is 0. The van der Waals surface area contributed by atoms with Crippen molar-refractivity contribution >= 4 is 5.97 Å². The fourth-order valence-corrected chi connectivity index (χ4v) is 3.43. The highest BCUT2D eigenvalue weighted by Crippen LogP contribution is 2.33. The topological polar surface area (TPSA) is 44.8 Å². The summed E-state index contributed by atoms with van der Waals surface area (Å²) in [5, 5.41) is 0. The van der Waals surface area contributed by atoms with E-state index < -0.39 is 35.9 Å². The summed E-state index contributed by atoms with van der Waals surface area (Å²) in [5.74, 6) is -0.0917. The molecule has 0 saturated carbocycles. The zero-order chi connectivity index (χ0) is 25.6. The van der Waals surface area contributed by atoms with Crippen LogP contribution in [0.25, 0.3) is 0 Å². The van der Waals surface area contributed by atoms with Crippen molar-refractivity contribution in [1.82, 2.24) is 0 Å². The molecular formula is C27H22F4O4. The van der Waals surface area contributed by atoms with Crippen LogP contribution in [0, 0.1) is 24.1 Å². The lowest BCUT2D eigenvalue weighted by molar-refractivity contribution is -0.274. The van der Waals surface area contributed by atoms with Crippen molar-refractivity contribution in [3.8, 4) is 29.6 Å². The van der Waals surface area contributed by atoms with Crippen LogP contribution in [-0.2, 0) is 9.53 Å². The van der Waals surface area contributed by atoms with Gasteiger partial charge in [-0.05, 0) is 47.9 Å². The molecule has 0 amide bonds. The monoisotopic (exact) mass is 486 g/mol. The third-order valence-electron chi connectivity index (χ3n) is 5.01. The quantitative estimate of drug-likeness (QED) is 0.192. The number of rotatable bonds is 8. The van der Waals surface area contributed by atoms with Gasteiger partial charge < -0.3 is 14.2 Å². The minimum atomic E-state index is -4.82. The summed E-state index contributed by atoms with van der Waals surface area (Å²) in [6, 6.07) is 17.4. The van der Waals surface area contributed by atoms with Gasteiger partial charge in [-0.1, -0.05) is 56.2 Å². The number of carbonyl (C=O) groups is 1. The highest BCUT2D eigenvalue weighted by atomic mass is 19.4. The van der Waals surface area contributed by atoms with Crippen LogP contribution in [-0.4, -0.2) is 12.3 Å². The second-order valence-electron chi connectivity index (χ2n) is 7.93. The van der Waals surface area contributed by atoms with Crippen molar-refractivity contribution in [1.29, 1.82) is 0 Å². The third-order valence-corrected chi connectivity index (χ3v) is 5.01. The predicted molar refractivity (Wildman–Crippen MR) is 121 cm³/mol. The van der Waals surface area contributed by atoms with Gasteiger partial charge in [0, 0.05) is 5.56 Å². The van der Waals surface area contributed by atoms with Crippen molar-refractivity contribution in [2.45, 2.75) is 32.2 Å². The van der Waals surface area contributed by atoms with Gasteiger partial charge in [-0.25, -0.2) is 4.39 Å². The van der Waals surface area contributed by atoms with Crippen LogP contribution in [0.3, 0.4) is 0 Å². The lowest BCUT2D eigenvalue weighted by atomic mass is 9.88. The average molecular weight is 486 g/mol. The number of ether oxygens (including phenoxy) is 3.